The Morgan fingerprint density at radius 3 is 2.55 bits per heavy atom. The molecule has 3 aromatic rings. The summed E-state index contributed by atoms with van der Waals surface area (Å²) in [4.78, 5) is 0. The molecule has 1 heteroatoms. The van der Waals surface area contributed by atoms with Crippen LogP contribution in [0, 0.1) is 5.92 Å². The molecular formula is C19H16O. The van der Waals surface area contributed by atoms with Crippen molar-refractivity contribution in [2.75, 3.05) is 0 Å². The SMILES string of the molecule is CC1=CC(c2cccc3c2oc2ccccc23)=C[C@@H]1C. The van der Waals surface area contributed by atoms with Crippen LogP contribution in [0.15, 0.2) is 64.6 Å². The summed E-state index contributed by atoms with van der Waals surface area (Å²) in [7, 11) is 0. The number of benzene rings is 2. The zero-order valence-corrected chi connectivity index (χ0v) is 11.7. The summed E-state index contributed by atoms with van der Waals surface area (Å²) in [5, 5.41) is 2.39. The first-order chi connectivity index (χ1) is 9.74. The van der Waals surface area contributed by atoms with Gasteiger partial charge in [0.1, 0.15) is 11.2 Å². The average Bonchev–Trinajstić information content (AvgIpc) is 2.99. The van der Waals surface area contributed by atoms with Crippen LogP contribution >= 0.6 is 0 Å². The molecule has 0 N–H and O–H groups in total. The van der Waals surface area contributed by atoms with E-state index in [-0.39, 0.29) is 0 Å². The fraction of sp³-hybridized carbons (Fsp3) is 0.158. The molecule has 0 radical (unpaired) electrons. The summed E-state index contributed by atoms with van der Waals surface area (Å²) in [5.74, 6) is 0.518. The van der Waals surface area contributed by atoms with Crippen LogP contribution in [0.2, 0.25) is 0 Å². The summed E-state index contributed by atoms with van der Waals surface area (Å²) >= 11 is 0. The molecule has 20 heavy (non-hydrogen) atoms. The first-order valence-corrected chi connectivity index (χ1v) is 7.04. The van der Waals surface area contributed by atoms with Crippen LogP contribution in [0.1, 0.15) is 19.4 Å². The Labute approximate surface area is 118 Å². The number of furan rings is 1. The van der Waals surface area contributed by atoms with E-state index in [1.54, 1.807) is 0 Å². The second-order valence-corrected chi connectivity index (χ2v) is 5.58. The van der Waals surface area contributed by atoms with Crippen LogP contribution in [0.5, 0.6) is 0 Å². The van der Waals surface area contributed by atoms with E-state index in [0.29, 0.717) is 5.92 Å². The topological polar surface area (TPSA) is 13.1 Å². The molecule has 98 valence electrons. The van der Waals surface area contributed by atoms with Crippen molar-refractivity contribution in [2.45, 2.75) is 13.8 Å². The summed E-state index contributed by atoms with van der Waals surface area (Å²) in [5.41, 5.74) is 5.84. The van der Waals surface area contributed by atoms with Gasteiger partial charge in [-0.25, -0.2) is 0 Å². The van der Waals surface area contributed by atoms with Gasteiger partial charge in [0.2, 0.25) is 0 Å². The number of allylic oxidation sites excluding steroid dienone is 4. The highest BCUT2D eigenvalue weighted by atomic mass is 16.3. The smallest absolute Gasteiger partial charge is 0.143 e. The van der Waals surface area contributed by atoms with Crippen molar-refractivity contribution in [3.8, 4) is 0 Å². The maximum absolute atomic E-state index is 6.10. The van der Waals surface area contributed by atoms with Gasteiger partial charge in [-0.3, -0.25) is 0 Å². The van der Waals surface area contributed by atoms with Crippen LogP contribution in [-0.4, -0.2) is 0 Å². The number of rotatable bonds is 1. The Kier molecular flexibility index (Phi) is 2.37. The molecule has 0 spiro atoms. The van der Waals surface area contributed by atoms with Crippen molar-refractivity contribution in [3.63, 3.8) is 0 Å². The van der Waals surface area contributed by atoms with Crippen molar-refractivity contribution in [1.29, 1.82) is 0 Å². The second-order valence-electron chi connectivity index (χ2n) is 5.58. The third kappa shape index (κ3) is 1.56. The van der Waals surface area contributed by atoms with Gasteiger partial charge in [-0.1, -0.05) is 61.0 Å². The summed E-state index contributed by atoms with van der Waals surface area (Å²) < 4.78 is 6.10. The minimum absolute atomic E-state index is 0.518. The molecule has 0 amide bonds. The minimum atomic E-state index is 0.518. The van der Waals surface area contributed by atoms with Crippen molar-refractivity contribution in [2.24, 2.45) is 5.92 Å². The molecule has 0 saturated carbocycles. The minimum Gasteiger partial charge on any atom is -0.455 e. The maximum Gasteiger partial charge on any atom is 0.143 e. The number of hydrogen-bond donors (Lipinski definition) is 0. The van der Waals surface area contributed by atoms with Crippen molar-refractivity contribution < 1.29 is 4.42 Å². The lowest BCUT2D eigenvalue weighted by Gasteiger charge is -2.01. The lowest BCUT2D eigenvalue weighted by Crippen LogP contribution is -1.84. The number of fused-ring (bicyclic) bond motifs is 3. The van der Waals surface area contributed by atoms with Crippen molar-refractivity contribution in [3.05, 3.63) is 65.8 Å². The van der Waals surface area contributed by atoms with Crippen molar-refractivity contribution in [1.82, 2.24) is 0 Å². The second kappa shape index (κ2) is 4.11. The highest BCUT2D eigenvalue weighted by molar-refractivity contribution is 6.08. The van der Waals surface area contributed by atoms with E-state index < -0.39 is 0 Å². The molecule has 0 aliphatic heterocycles. The molecule has 0 saturated heterocycles. The molecule has 1 aromatic heterocycles. The normalized spacial score (nSPS) is 18.6. The number of hydrogen-bond acceptors (Lipinski definition) is 1. The first kappa shape index (κ1) is 11.5. The Morgan fingerprint density at radius 2 is 1.75 bits per heavy atom. The van der Waals surface area contributed by atoms with E-state index in [2.05, 4.69) is 56.3 Å². The van der Waals surface area contributed by atoms with Gasteiger partial charge >= 0.3 is 0 Å². The van der Waals surface area contributed by atoms with E-state index >= 15 is 0 Å². The van der Waals surface area contributed by atoms with E-state index in [1.165, 1.54) is 27.5 Å². The first-order valence-electron chi connectivity index (χ1n) is 7.04. The van der Waals surface area contributed by atoms with E-state index in [4.69, 9.17) is 4.42 Å². The highest BCUT2D eigenvalue weighted by Gasteiger charge is 2.17. The standard InChI is InChI=1S/C19H16O/c1-12-10-14(11-13(12)2)15-7-5-8-17-16-6-3-4-9-18(16)20-19(15)17/h3-12H,1-2H3/t12-/m0/s1. The Balaban J connectivity index is 2.04. The molecule has 1 aliphatic rings. The fourth-order valence-corrected chi connectivity index (χ4v) is 2.97. The molecule has 4 rings (SSSR count). The van der Waals surface area contributed by atoms with E-state index in [1.807, 2.05) is 12.1 Å². The predicted octanol–water partition coefficient (Wildman–Crippen LogP) is 5.57. The molecule has 1 aliphatic carbocycles. The quantitative estimate of drug-likeness (QED) is 0.558. The van der Waals surface area contributed by atoms with E-state index in [0.717, 1.165) is 11.2 Å². The predicted molar refractivity (Wildman–Crippen MR) is 84.6 cm³/mol. The lowest BCUT2D eigenvalue weighted by molar-refractivity contribution is 0.668. The van der Waals surface area contributed by atoms with Gasteiger partial charge in [0.25, 0.3) is 0 Å². The van der Waals surface area contributed by atoms with Crippen LogP contribution in [-0.2, 0) is 0 Å². The molecule has 0 fully saturated rings. The highest BCUT2D eigenvalue weighted by Crippen LogP contribution is 2.37. The van der Waals surface area contributed by atoms with Gasteiger partial charge in [0.15, 0.2) is 0 Å². The van der Waals surface area contributed by atoms with E-state index in [9.17, 15) is 0 Å². The van der Waals surface area contributed by atoms with Crippen LogP contribution in [0.4, 0.5) is 0 Å². The Hall–Kier alpha value is -2.28. The molecule has 1 nitrogen and oxygen atoms in total. The fourth-order valence-electron chi connectivity index (χ4n) is 2.97. The summed E-state index contributed by atoms with van der Waals surface area (Å²) in [6, 6.07) is 14.6. The lowest BCUT2D eigenvalue weighted by atomic mass is 10.0. The van der Waals surface area contributed by atoms with Gasteiger partial charge in [-0.05, 0) is 24.5 Å². The Bertz CT molecular complexity index is 877. The molecule has 0 bridgehead atoms. The third-order valence-corrected chi connectivity index (χ3v) is 4.25. The molecule has 1 atom stereocenters. The molecule has 1 heterocycles. The summed E-state index contributed by atoms with van der Waals surface area (Å²) in [6.45, 7) is 4.42. The third-order valence-electron chi connectivity index (χ3n) is 4.25. The van der Waals surface area contributed by atoms with Gasteiger partial charge in [-0.2, -0.15) is 0 Å². The van der Waals surface area contributed by atoms with Gasteiger partial charge < -0.3 is 4.42 Å². The monoisotopic (exact) mass is 260 g/mol. The number of para-hydroxylation sites is 2. The summed E-state index contributed by atoms with van der Waals surface area (Å²) in [6.07, 6.45) is 4.59. The zero-order valence-electron chi connectivity index (χ0n) is 11.7. The molecule has 0 unspecified atom stereocenters. The molecule has 2 aromatic carbocycles. The zero-order chi connectivity index (χ0) is 13.7. The van der Waals surface area contributed by atoms with Crippen molar-refractivity contribution >= 4 is 27.5 Å². The van der Waals surface area contributed by atoms with Gasteiger partial charge in [-0.15, -0.1) is 0 Å². The van der Waals surface area contributed by atoms with Crippen LogP contribution in [0.25, 0.3) is 27.5 Å². The van der Waals surface area contributed by atoms with Crippen LogP contribution in [0.3, 0.4) is 0 Å². The van der Waals surface area contributed by atoms with Gasteiger partial charge in [0.05, 0.1) is 0 Å². The molecular weight excluding hydrogens is 244 g/mol. The largest absolute Gasteiger partial charge is 0.455 e. The Morgan fingerprint density at radius 1 is 0.950 bits per heavy atom. The maximum atomic E-state index is 6.10. The van der Waals surface area contributed by atoms with Crippen LogP contribution < -0.4 is 0 Å². The average molecular weight is 260 g/mol. The van der Waals surface area contributed by atoms with Gasteiger partial charge in [0, 0.05) is 16.3 Å².